The second-order valence-corrected chi connectivity index (χ2v) is 5.86. The monoisotopic (exact) mass is 277 g/mol. The summed E-state index contributed by atoms with van der Waals surface area (Å²) in [5, 5.41) is 3.56. The fourth-order valence-electron chi connectivity index (χ4n) is 2.75. The standard InChI is InChI=1S/C17H27NO2/c1-4-19-16-8-6-5-7-15(16)17-14(9-10-20-17)12-18-11-13(2)3/h5-8,13-14,17-18H,4,9-12H2,1-3H3. The minimum Gasteiger partial charge on any atom is -0.493 e. The van der Waals surface area contributed by atoms with Crippen LogP contribution in [-0.4, -0.2) is 26.3 Å². The van der Waals surface area contributed by atoms with Gasteiger partial charge in [0.15, 0.2) is 0 Å². The summed E-state index contributed by atoms with van der Waals surface area (Å²) in [5.41, 5.74) is 1.20. The number of benzene rings is 1. The van der Waals surface area contributed by atoms with E-state index in [1.807, 2.05) is 19.1 Å². The van der Waals surface area contributed by atoms with Crippen LogP contribution in [0.4, 0.5) is 0 Å². The Balaban J connectivity index is 2.02. The third-order valence-electron chi connectivity index (χ3n) is 3.70. The second kappa shape index (κ2) is 7.65. The molecule has 0 aliphatic carbocycles. The smallest absolute Gasteiger partial charge is 0.125 e. The number of rotatable bonds is 7. The summed E-state index contributed by atoms with van der Waals surface area (Å²) in [4.78, 5) is 0. The lowest BCUT2D eigenvalue weighted by atomic mass is 9.94. The number of hydrogen-bond donors (Lipinski definition) is 1. The summed E-state index contributed by atoms with van der Waals surface area (Å²) in [6.45, 7) is 10.1. The molecule has 0 amide bonds. The molecule has 2 atom stereocenters. The molecule has 112 valence electrons. The van der Waals surface area contributed by atoms with E-state index >= 15 is 0 Å². The van der Waals surface area contributed by atoms with Crippen LogP contribution < -0.4 is 10.1 Å². The van der Waals surface area contributed by atoms with Gasteiger partial charge in [-0.2, -0.15) is 0 Å². The van der Waals surface area contributed by atoms with E-state index in [0.717, 1.165) is 31.9 Å². The van der Waals surface area contributed by atoms with Crippen molar-refractivity contribution < 1.29 is 9.47 Å². The van der Waals surface area contributed by atoms with Crippen molar-refractivity contribution in [2.75, 3.05) is 26.3 Å². The Morgan fingerprint density at radius 2 is 2.15 bits per heavy atom. The normalized spacial score (nSPS) is 22.4. The SMILES string of the molecule is CCOc1ccccc1C1OCCC1CNCC(C)C. The van der Waals surface area contributed by atoms with E-state index < -0.39 is 0 Å². The molecule has 1 aliphatic rings. The Labute approximate surface area is 122 Å². The molecule has 1 aromatic carbocycles. The molecule has 2 rings (SSSR count). The van der Waals surface area contributed by atoms with E-state index in [-0.39, 0.29) is 6.10 Å². The van der Waals surface area contributed by atoms with Crippen molar-refractivity contribution in [3.63, 3.8) is 0 Å². The van der Waals surface area contributed by atoms with Crippen LogP contribution in [0.2, 0.25) is 0 Å². The summed E-state index contributed by atoms with van der Waals surface area (Å²) in [6.07, 6.45) is 1.29. The maximum absolute atomic E-state index is 5.98. The van der Waals surface area contributed by atoms with Crippen LogP contribution in [-0.2, 0) is 4.74 Å². The molecule has 1 heterocycles. The third kappa shape index (κ3) is 3.97. The zero-order chi connectivity index (χ0) is 14.4. The fourth-order valence-corrected chi connectivity index (χ4v) is 2.75. The van der Waals surface area contributed by atoms with Crippen LogP contribution in [0.25, 0.3) is 0 Å². The molecule has 2 unspecified atom stereocenters. The van der Waals surface area contributed by atoms with Crippen LogP contribution in [0.3, 0.4) is 0 Å². The number of ether oxygens (including phenoxy) is 2. The molecule has 0 spiro atoms. The number of para-hydroxylation sites is 1. The quantitative estimate of drug-likeness (QED) is 0.828. The van der Waals surface area contributed by atoms with E-state index in [9.17, 15) is 0 Å². The molecule has 1 fully saturated rings. The first kappa shape index (κ1) is 15.3. The molecule has 0 saturated carbocycles. The molecule has 20 heavy (non-hydrogen) atoms. The third-order valence-corrected chi connectivity index (χ3v) is 3.70. The van der Waals surface area contributed by atoms with Gasteiger partial charge in [-0.05, 0) is 31.9 Å². The Bertz CT molecular complexity index is 406. The van der Waals surface area contributed by atoms with Crippen molar-refractivity contribution in [1.82, 2.24) is 5.32 Å². The van der Waals surface area contributed by atoms with Crippen molar-refractivity contribution in [2.45, 2.75) is 33.3 Å². The Morgan fingerprint density at radius 3 is 2.90 bits per heavy atom. The van der Waals surface area contributed by atoms with Gasteiger partial charge >= 0.3 is 0 Å². The highest BCUT2D eigenvalue weighted by Crippen LogP contribution is 2.38. The molecule has 3 nitrogen and oxygen atoms in total. The Morgan fingerprint density at radius 1 is 1.35 bits per heavy atom. The first-order chi connectivity index (χ1) is 9.72. The minimum atomic E-state index is 0.164. The summed E-state index contributed by atoms with van der Waals surface area (Å²) in [6, 6.07) is 8.27. The first-order valence-corrected chi connectivity index (χ1v) is 7.76. The average Bonchev–Trinajstić information content (AvgIpc) is 2.88. The molecular formula is C17H27NO2. The van der Waals surface area contributed by atoms with Crippen molar-refractivity contribution in [3.05, 3.63) is 29.8 Å². The van der Waals surface area contributed by atoms with Crippen LogP contribution in [0, 0.1) is 11.8 Å². The maximum atomic E-state index is 5.98. The predicted molar refractivity (Wildman–Crippen MR) is 82.1 cm³/mol. The van der Waals surface area contributed by atoms with Crippen molar-refractivity contribution in [1.29, 1.82) is 0 Å². The minimum absolute atomic E-state index is 0.164. The van der Waals surface area contributed by atoms with Gasteiger partial charge in [0.05, 0.1) is 12.7 Å². The summed E-state index contributed by atoms with van der Waals surface area (Å²) in [7, 11) is 0. The lowest BCUT2D eigenvalue weighted by molar-refractivity contribution is 0.0875. The molecule has 0 aromatic heterocycles. The van der Waals surface area contributed by atoms with Crippen molar-refractivity contribution in [2.24, 2.45) is 11.8 Å². The number of nitrogens with one attached hydrogen (secondary N) is 1. The average molecular weight is 277 g/mol. The van der Waals surface area contributed by atoms with Crippen molar-refractivity contribution >= 4 is 0 Å². The molecule has 0 bridgehead atoms. The van der Waals surface area contributed by atoms with E-state index in [0.29, 0.717) is 18.4 Å². The molecular weight excluding hydrogens is 250 g/mol. The van der Waals surface area contributed by atoms with Crippen LogP contribution >= 0.6 is 0 Å². The predicted octanol–water partition coefficient (Wildman–Crippen LogP) is 3.41. The highest BCUT2D eigenvalue weighted by Gasteiger charge is 2.31. The van der Waals surface area contributed by atoms with E-state index in [1.165, 1.54) is 5.56 Å². The highest BCUT2D eigenvalue weighted by molar-refractivity contribution is 5.36. The molecule has 1 saturated heterocycles. The van der Waals surface area contributed by atoms with Gasteiger partial charge in [0.1, 0.15) is 5.75 Å². The largest absolute Gasteiger partial charge is 0.493 e. The Kier molecular flexibility index (Phi) is 5.86. The van der Waals surface area contributed by atoms with Crippen LogP contribution in [0.5, 0.6) is 5.75 Å². The van der Waals surface area contributed by atoms with Gasteiger partial charge in [0.2, 0.25) is 0 Å². The van der Waals surface area contributed by atoms with E-state index in [4.69, 9.17) is 9.47 Å². The zero-order valence-electron chi connectivity index (χ0n) is 12.9. The highest BCUT2D eigenvalue weighted by atomic mass is 16.5. The summed E-state index contributed by atoms with van der Waals surface area (Å²) < 4.78 is 11.7. The van der Waals surface area contributed by atoms with Gasteiger partial charge < -0.3 is 14.8 Å². The topological polar surface area (TPSA) is 30.5 Å². The van der Waals surface area contributed by atoms with E-state index in [1.54, 1.807) is 0 Å². The van der Waals surface area contributed by atoms with Gasteiger partial charge in [-0.1, -0.05) is 32.0 Å². The molecule has 1 N–H and O–H groups in total. The van der Waals surface area contributed by atoms with Gasteiger partial charge in [-0.25, -0.2) is 0 Å². The maximum Gasteiger partial charge on any atom is 0.125 e. The van der Waals surface area contributed by atoms with Gasteiger partial charge in [-0.15, -0.1) is 0 Å². The van der Waals surface area contributed by atoms with Gasteiger partial charge in [0.25, 0.3) is 0 Å². The van der Waals surface area contributed by atoms with Gasteiger partial charge in [-0.3, -0.25) is 0 Å². The van der Waals surface area contributed by atoms with Crippen LogP contribution in [0.15, 0.2) is 24.3 Å². The number of hydrogen-bond acceptors (Lipinski definition) is 3. The van der Waals surface area contributed by atoms with Gasteiger partial charge in [0, 0.05) is 24.6 Å². The lowest BCUT2D eigenvalue weighted by Crippen LogP contribution is -2.28. The first-order valence-electron chi connectivity index (χ1n) is 7.76. The molecule has 1 aliphatic heterocycles. The zero-order valence-corrected chi connectivity index (χ0v) is 12.9. The molecule has 1 aromatic rings. The van der Waals surface area contributed by atoms with Crippen molar-refractivity contribution in [3.8, 4) is 5.75 Å². The molecule has 0 radical (unpaired) electrons. The second-order valence-electron chi connectivity index (χ2n) is 5.86. The fraction of sp³-hybridized carbons (Fsp3) is 0.647. The lowest BCUT2D eigenvalue weighted by Gasteiger charge is -2.22. The Hall–Kier alpha value is -1.06. The van der Waals surface area contributed by atoms with E-state index in [2.05, 4.69) is 31.3 Å². The molecule has 3 heteroatoms. The summed E-state index contributed by atoms with van der Waals surface area (Å²) in [5.74, 6) is 2.19. The van der Waals surface area contributed by atoms with Crippen LogP contribution in [0.1, 0.15) is 38.9 Å². The summed E-state index contributed by atoms with van der Waals surface area (Å²) >= 11 is 0.